The molecule has 0 aliphatic heterocycles. The van der Waals surface area contributed by atoms with E-state index in [0.717, 1.165) is 19.4 Å². The van der Waals surface area contributed by atoms with Gasteiger partial charge in [-0.1, -0.05) is 0 Å². The van der Waals surface area contributed by atoms with E-state index in [-0.39, 0.29) is 18.4 Å². The van der Waals surface area contributed by atoms with Gasteiger partial charge in [0.05, 0.1) is 6.54 Å². The van der Waals surface area contributed by atoms with Gasteiger partial charge in [-0.05, 0) is 37.5 Å². The van der Waals surface area contributed by atoms with Crippen molar-refractivity contribution in [2.24, 2.45) is 11.8 Å². The Hall–Kier alpha value is -1.10. The molecule has 0 bridgehead atoms. The predicted octanol–water partition coefficient (Wildman–Crippen LogP) is -0.0346. The van der Waals surface area contributed by atoms with Gasteiger partial charge in [0.1, 0.15) is 6.04 Å². The van der Waals surface area contributed by atoms with E-state index in [9.17, 15) is 9.59 Å². The van der Waals surface area contributed by atoms with Crippen LogP contribution in [0.25, 0.3) is 0 Å². The molecule has 2 rings (SSSR count). The fraction of sp³-hybridized carbons (Fsp3) is 0.818. The SMILES string of the molecule is O=C(CNC(C(=O)O)C1CC1)NCC1CC1. The second kappa shape index (κ2) is 4.82. The van der Waals surface area contributed by atoms with Gasteiger partial charge in [-0.2, -0.15) is 0 Å². The third-order valence-corrected chi connectivity index (χ3v) is 3.13. The Morgan fingerprint density at radius 2 is 1.94 bits per heavy atom. The van der Waals surface area contributed by atoms with Crippen LogP contribution in [0.1, 0.15) is 25.7 Å². The summed E-state index contributed by atoms with van der Waals surface area (Å²) in [5, 5.41) is 14.5. The van der Waals surface area contributed by atoms with Gasteiger partial charge in [0, 0.05) is 6.54 Å². The predicted molar refractivity (Wildman–Crippen MR) is 57.9 cm³/mol. The normalized spacial score (nSPS) is 21.5. The zero-order valence-corrected chi connectivity index (χ0v) is 9.24. The van der Waals surface area contributed by atoms with Gasteiger partial charge in [-0.25, -0.2) is 0 Å². The first-order chi connectivity index (χ1) is 7.66. The molecule has 90 valence electrons. The lowest BCUT2D eigenvalue weighted by Gasteiger charge is -2.13. The molecular formula is C11H18N2O3. The minimum absolute atomic E-state index is 0.0983. The first kappa shape index (κ1) is 11.4. The van der Waals surface area contributed by atoms with E-state index >= 15 is 0 Å². The number of carbonyl (C=O) groups is 2. The maximum absolute atomic E-state index is 11.4. The molecule has 16 heavy (non-hydrogen) atoms. The Balaban J connectivity index is 1.63. The molecule has 0 heterocycles. The highest BCUT2D eigenvalue weighted by atomic mass is 16.4. The zero-order valence-electron chi connectivity index (χ0n) is 9.24. The van der Waals surface area contributed by atoms with Crippen molar-refractivity contribution in [3.8, 4) is 0 Å². The van der Waals surface area contributed by atoms with Crippen LogP contribution in [0.2, 0.25) is 0 Å². The monoisotopic (exact) mass is 226 g/mol. The van der Waals surface area contributed by atoms with Crippen molar-refractivity contribution < 1.29 is 14.7 Å². The van der Waals surface area contributed by atoms with Gasteiger partial charge in [0.15, 0.2) is 0 Å². The van der Waals surface area contributed by atoms with Crippen LogP contribution in [0.4, 0.5) is 0 Å². The number of amides is 1. The largest absolute Gasteiger partial charge is 0.480 e. The van der Waals surface area contributed by atoms with Gasteiger partial charge in [-0.15, -0.1) is 0 Å². The quantitative estimate of drug-likeness (QED) is 0.569. The fourth-order valence-electron chi connectivity index (χ4n) is 1.73. The molecule has 0 radical (unpaired) electrons. The van der Waals surface area contributed by atoms with E-state index in [4.69, 9.17) is 5.11 Å². The Kier molecular flexibility index (Phi) is 3.43. The number of nitrogens with one attached hydrogen (secondary N) is 2. The van der Waals surface area contributed by atoms with Crippen LogP contribution in [0.15, 0.2) is 0 Å². The maximum Gasteiger partial charge on any atom is 0.320 e. The molecule has 1 amide bonds. The van der Waals surface area contributed by atoms with Crippen LogP contribution in [0.5, 0.6) is 0 Å². The van der Waals surface area contributed by atoms with Crippen molar-refractivity contribution in [3.63, 3.8) is 0 Å². The summed E-state index contributed by atoms with van der Waals surface area (Å²) in [5.41, 5.74) is 0. The Labute approximate surface area is 94.6 Å². The topological polar surface area (TPSA) is 78.4 Å². The summed E-state index contributed by atoms with van der Waals surface area (Å²) >= 11 is 0. The van der Waals surface area contributed by atoms with Gasteiger partial charge in [0.2, 0.25) is 5.91 Å². The van der Waals surface area contributed by atoms with Crippen molar-refractivity contribution in [1.29, 1.82) is 0 Å². The number of hydrogen-bond donors (Lipinski definition) is 3. The Bertz CT molecular complexity index is 285. The van der Waals surface area contributed by atoms with Crippen molar-refractivity contribution in [3.05, 3.63) is 0 Å². The number of carbonyl (C=O) groups excluding carboxylic acids is 1. The summed E-state index contributed by atoms with van der Waals surface area (Å²) in [7, 11) is 0. The third kappa shape index (κ3) is 3.48. The van der Waals surface area contributed by atoms with E-state index < -0.39 is 12.0 Å². The molecule has 2 fully saturated rings. The van der Waals surface area contributed by atoms with Gasteiger partial charge >= 0.3 is 5.97 Å². The van der Waals surface area contributed by atoms with Crippen molar-refractivity contribution in [2.45, 2.75) is 31.7 Å². The van der Waals surface area contributed by atoms with Crippen LogP contribution < -0.4 is 10.6 Å². The minimum atomic E-state index is -0.850. The number of hydrogen-bond acceptors (Lipinski definition) is 3. The molecule has 0 aromatic rings. The van der Waals surface area contributed by atoms with Gasteiger partial charge in [-0.3, -0.25) is 14.9 Å². The summed E-state index contributed by atoms with van der Waals surface area (Å²) in [6.45, 7) is 0.849. The first-order valence-corrected chi connectivity index (χ1v) is 5.89. The second-order valence-electron chi connectivity index (χ2n) is 4.78. The molecule has 2 aliphatic carbocycles. The summed E-state index contributed by atoms with van der Waals surface area (Å²) in [5.74, 6) is -0.0762. The number of carboxylic acids is 1. The van der Waals surface area contributed by atoms with Crippen molar-refractivity contribution in [2.75, 3.05) is 13.1 Å². The number of aliphatic carboxylic acids is 1. The van der Waals surface area contributed by atoms with E-state index in [0.29, 0.717) is 5.92 Å². The van der Waals surface area contributed by atoms with Gasteiger partial charge in [0.25, 0.3) is 0 Å². The summed E-state index contributed by atoms with van der Waals surface area (Å²) in [6.07, 6.45) is 4.31. The Morgan fingerprint density at radius 3 is 2.44 bits per heavy atom. The molecule has 3 N–H and O–H groups in total. The smallest absolute Gasteiger partial charge is 0.320 e. The van der Waals surface area contributed by atoms with E-state index in [1.165, 1.54) is 12.8 Å². The molecule has 0 spiro atoms. The van der Waals surface area contributed by atoms with E-state index in [1.807, 2.05) is 0 Å². The summed E-state index contributed by atoms with van der Waals surface area (Å²) in [6, 6.07) is -0.549. The standard InChI is InChI=1S/C11H18N2O3/c14-9(12-5-7-1-2-7)6-13-10(11(15)16)8-3-4-8/h7-8,10,13H,1-6H2,(H,12,14)(H,15,16). The molecule has 2 aliphatic rings. The molecule has 0 aromatic carbocycles. The molecule has 0 saturated heterocycles. The first-order valence-electron chi connectivity index (χ1n) is 5.89. The number of rotatable bonds is 7. The molecule has 5 heteroatoms. The highest BCUT2D eigenvalue weighted by Gasteiger charge is 2.36. The molecule has 2 saturated carbocycles. The lowest BCUT2D eigenvalue weighted by atomic mass is 10.2. The molecule has 0 aromatic heterocycles. The van der Waals surface area contributed by atoms with Crippen molar-refractivity contribution in [1.82, 2.24) is 10.6 Å². The summed E-state index contributed by atoms with van der Waals surface area (Å²) in [4.78, 5) is 22.3. The summed E-state index contributed by atoms with van der Waals surface area (Å²) < 4.78 is 0. The highest BCUT2D eigenvalue weighted by Crippen LogP contribution is 2.32. The minimum Gasteiger partial charge on any atom is -0.480 e. The van der Waals surface area contributed by atoms with Gasteiger partial charge < -0.3 is 10.4 Å². The average molecular weight is 226 g/mol. The highest BCUT2D eigenvalue weighted by molar-refractivity contribution is 5.80. The van der Waals surface area contributed by atoms with Crippen LogP contribution in [0.3, 0.4) is 0 Å². The van der Waals surface area contributed by atoms with Crippen LogP contribution >= 0.6 is 0 Å². The molecule has 1 unspecified atom stereocenters. The second-order valence-corrected chi connectivity index (χ2v) is 4.78. The van der Waals surface area contributed by atoms with Crippen LogP contribution in [0, 0.1) is 11.8 Å². The van der Waals surface area contributed by atoms with Crippen LogP contribution in [-0.4, -0.2) is 36.1 Å². The average Bonchev–Trinajstić information content (AvgIpc) is 3.08. The lowest BCUT2D eigenvalue weighted by molar-refractivity contribution is -0.140. The molecular weight excluding hydrogens is 208 g/mol. The van der Waals surface area contributed by atoms with E-state index in [2.05, 4.69) is 10.6 Å². The molecule has 5 nitrogen and oxygen atoms in total. The number of carboxylic acid groups (broad SMARTS) is 1. The zero-order chi connectivity index (χ0) is 11.5. The third-order valence-electron chi connectivity index (χ3n) is 3.13. The van der Waals surface area contributed by atoms with Crippen molar-refractivity contribution >= 4 is 11.9 Å². The fourth-order valence-corrected chi connectivity index (χ4v) is 1.73. The lowest BCUT2D eigenvalue weighted by Crippen LogP contribution is -2.44. The van der Waals surface area contributed by atoms with E-state index in [1.54, 1.807) is 0 Å². The van der Waals surface area contributed by atoms with Crippen LogP contribution in [-0.2, 0) is 9.59 Å². The Morgan fingerprint density at radius 1 is 1.25 bits per heavy atom. The molecule has 1 atom stereocenters. The maximum atomic E-state index is 11.4.